The zero-order chi connectivity index (χ0) is 20.3. The van der Waals surface area contributed by atoms with Crippen molar-refractivity contribution in [2.24, 2.45) is 0 Å². The Balaban J connectivity index is 1.47. The monoisotopic (exact) mass is 391 g/mol. The first-order valence-electron chi connectivity index (χ1n) is 9.77. The van der Waals surface area contributed by atoms with E-state index in [2.05, 4.69) is 58.0 Å². The molecule has 0 bridgehead atoms. The van der Waals surface area contributed by atoms with E-state index in [-0.39, 0.29) is 5.41 Å². The second-order valence-electron chi connectivity index (χ2n) is 7.90. The van der Waals surface area contributed by atoms with E-state index in [1.54, 1.807) is 12.4 Å². The SMILES string of the molecule is CC1(C)c2ccccc2-c2nc(-c3ccnc(-c4nc5cccnc5o4)c3)ncc21. The van der Waals surface area contributed by atoms with Crippen molar-refractivity contribution in [1.29, 1.82) is 0 Å². The third-order valence-electron chi connectivity index (χ3n) is 5.72. The molecule has 0 saturated heterocycles. The fraction of sp³-hybridized carbons (Fsp3) is 0.125. The van der Waals surface area contributed by atoms with E-state index in [0.29, 0.717) is 28.6 Å². The van der Waals surface area contributed by atoms with Crippen molar-refractivity contribution in [3.63, 3.8) is 0 Å². The largest absolute Gasteiger partial charge is 0.416 e. The minimum absolute atomic E-state index is 0.112. The molecule has 0 atom stereocenters. The van der Waals surface area contributed by atoms with Crippen molar-refractivity contribution >= 4 is 11.2 Å². The molecule has 6 heteroatoms. The number of oxazole rings is 1. The zero-order valence-electron chi connectivity index (χ0n) is 16.5. The average Bonchev–Trinajstić information content (AvgIpc) is 3.32. The minimum Gasteiger partial charge on any atom is -0.416 e. The van der Waals surface area contributed by atoms with Crippen LogP contribution in [0.5, 0.6) is 0 Å². The van der Waals surface area contributed by atoms with Crippen molar-refractivity contribution in [1.82, 2.24) is 24.9 Å². The van der Waals surface area contributed by atoms with Gasteiger partial charge in [0.25, 0.3) is 0 Å². The minimum atomic E-state index is -0.112. The van der Waals surface area contributed by atoms with Crippen LogP contribution < -0.4 is 0 Å². The van der Waals surface area contributed by atoms with Crippen LogP contribution in [-0.4, -0.2) is 24.9 Å². The van der Waals surface area contributed by atoms with Crippen LogP contribution in [0.25, 0.3) is 45.5 Å². The molecule has 0 aliphatic heterocycles. The van der Waals surface area contributed by atoms with E-state index in [4.69, 9.17) is 9.40 Å². The molecule has 5 aromatic rings. The van der Waals surface area contributed by atoms with Gasteiger partial charge in [0.15, 0.2) is 5.82 Å². The average molecular weight is 391 g/mol. The Morgan fingerprint density at radius 2 is 1.73 bits per heavy atom. The highest BCUT2D eigenvalue weighted by atomic mass is 16.4. The molecule has 0 spiro atoms. The van der Waals surface area contributed by atoms with Crippen molar-refractivity contribution in [3.05, 3.63) is 78.2 Å². The van der Waals surface area contributed by atoms with E-state index in [9.17, 15) is 0 Å². The molecular formula is C24H17N5O. The third kappa shape index (κ3) is 2.40. The molecule has 0 unspecified atom stereocenters. The van der Waals surface area contributed by atoms with Gasteiger partial charge in [-0.2, -0.15) is 0 Å². The number of rotatable bonds is 2. The highest BCUT2D eigenvalue weighted by molar-refractivity contribution is 5.79. The molecule has 30 heavy (non-hydrogen) atoms. The van der Waals surface area contributed by atoms with E-state index >= 15 is 0 Å². The molecule has 6 nitrogen and oxygen atoms in total. The number of fused-ring (bicyclic) bond motifs is 4. The first kappa shape index (κ1) is 17.0. The van der Waals surface area contributed by atoms with Crippen LogP contribution in [0, 0.1) is 0 Å². The van der Waals surface area contributed by atoms with E-state index in [0.717, 1.165) is 16.8 Å². The summed E-state index contributed by atoms with van der Waals surface area (Å²) < 4.78 is 5.77. The summed E-state index contributed by atoms with van der Waals surface area (Å²) in [4.78, 5) is 22.7. The van der Waals surface area contributed by atoms with Gasteiger partial charge in [-0.3, -0.25) is 4.98 Å². The molecular weight excluding hydrogens is 374 g/mol. The van der Waals surface area contributed by atoms with Crippen molar-refractivity contribution in [2.75, 3.05) is 0 Å². The Morgan fingerprint density at radius 3 is 2.63 bits per heavy atom. The lowest BCUT2D eigenvalue weighted by Crippen LogP contribution is -2.15. The van der Waals surface area contributed by atoms with Gasteiger partial charge in [-0.05, 0) is 29.8 Å². The molecule has 4 aromatic heterocycles. The first-order chi connectivity index (χ1) is 14.6. The molecule has 144 valence electrons. The summed E-state index contributed by atoms with van der Waals surface area (Å²) in [6.45, 7) is 4.43. The fourth-order valence-electron chi connectivity index (χ4n) is 4.13. The maximum atomic E-state index is 5.77. The van der Waals surface area contributed by atoms with Gasteiger partial charge in [0.1, 0.15) is 11.2 Å². The number of pyridine rings is 2. The Kier molecular flexibility index (Phi) is 3.41. The van der Waals surface area contributed by atoms with Gasteiger partial charge in [-0.1, -0.05) is 38.1 Å². The Bertz CT molecular complexity index is 1400. The van der Waals surface area contributed by atoms with Crippen LogP contribution in [0.3, 0.4) is 0 Å². The molecule has 0 N–H and O–H groups in total. The molecule has 0 amide bonds. The van der Waals surface area contributed by atoms with Gasteiger partial charge in [-0.25, -0.2) is 19.9 Å². The van der Waals surface area contributed by atoms with Gasteiger partial charge in [0.2, 0.25) is 11.6 Å². The lowest BCUT2D eigenvalue weighted by molar-refractivity contribution is 0.605. The predicted octanol–water partition coefficient (Wildman–Crippen LogP) is 5.05. The highest BCUT2D eigenvalue weighted by Crippen LogP contribution is 2.47. The second kappa shape index (κ2) is 6.03. The lowest BCUT2D eigenvalue weighted by Gasteiger charge is -2.20. The number of nitrogens with zero attached hydrogens (tertiary/aromatic N) is 5. The lowest BCUT2D eigenvalue weighted by atomic mass is 9.83. The van der Waals surface area contributed by atoms with Crippen LogP contribution in [0.15, 0.2) is 71.5 Å². The molecule has 1 aliphatic rings. The molecule has 0 fully saturated rings. The standard InChI is InChI=1S/C24H17N5O/c1-24(2)16-7-4-3-6-15(16)20-17(24)13-27-21(29-20)14-9-11-25-19(12-14)23-28-18-8-5-10-26-22(18)30-23/h3-13H,1-2H3. The Morgan fingerprint density at radius 1 is 0.833 bits per heavy atom. The summed E-state index contributed by atoms with van der Waals surface area (Å²) in [6.07, 6.45) is 5.35. The van der Waals surface area contributed by atoms with Gasteiger partial charge < -0.3 is 4.42 Å². The number of hydrogen-bond acceptors (Lipinski definition) is 6. The van der Waals surface area contributed by atoms with E-state index in [1.807, 2.05) is 30.5 Å². The summed E-state index contributed by atoms with van der Waals surface area (Å²) in [5.74, 6) is 1.08. The van der Waals surface area contributed by atoms with Gasteiger partial charge >= 0.3 is 0 Å². The third-order valence-corrected chi connectivity index (χ3v) is 5.72. The van der Waals surface area contributed by atoms with Crippen LogP contribution in [0.1, 0.15) is 25.0 Å². The van der Waals surface area contributed by atoms with Gasteiger partial charge in [0.05, 0.1) is 5.69 Å². The molecule has 1 aliphatic carbocycles. The van der Waals surface area contributed by atoms with E-state index in [1.165, 1.54) is 11.1 Å². The van der Waals surface area contributed by atoms with Crippen molar-refractivity contribution < 1.29 is 4.42 Å². The van der Waals surface area contributed by atoms with Crippen LogP contribution in [-0.2, 0) is 5.41 Å². The molecule has 4 heterocycles. The number of aromatic nitrogens is 5. The molecule has 0 radical (unpaired) electrons. The number of hydrogen-bond donors (Lipinski definition) is 0. The Labute approximate surface area is 172 Å². The van der Waals surface area contributed by atoms with Gasteiger partial charge in [0, 0.05) is 40.7 Å². The molecule has 6 rings (SSSR count). The van der Waals surface area contributed by atoms with Crippen LogP contribution >= 0.6 is 0 Å². The van der Waals surface area contributed by atoms with Gasteiger partial charge in [-0.15, -0.1) is 0 Å². The number of benzene rings is 1. The summed E-state index contributed by atoms with van der Waals surface area (Å²) in [5.41, 5.74) is 7.15. The topological polar surface area (TPSA) is 77.6 Å². The summed E-state index contributed by atoms with van der Waals surface area (Å²) >= 11 is 0. The van der Waals surface area contributed by atoms with E-state index < -0.39 is 0 Å². The zero-order valence-corrected chi connectivity index (χ0v) is 16.5. The Hall–Kier alpha value is -3.93. The quantitative estimate of drug-likeness (QED) is 0.419. The van der Waals surface area contributed by atoms with Crippen LogP contribution in [0.4, 0.5) is 0 Å². The normalized spacial score (nSPS) is 13.9. The maximum absolute atomic E-state index is 5.77. The maximum Gasteiger partial charge on any atom is 0.248 e. The smallest absolute Gasteiger partial charge is 0.248 e. The first-order valence-corrected chi connectivity index (χ1v) is 9.77. The summed E-state index contributed by atoms with van der Waals surface area (Å²) in [6, 6.07) is 15.9. The molecule has 1 aromatic carbocycles. The summed E-state index contributed by atoms with van der Waals surface area (Å²) in [7, 11) is 0. The predicted molar refractivity (Wildman–Crippen MR) is 114 cm³/mol. The van der Waals surface area contributed by atoms with Crippen molar-refractivity contribution in [3.8, 4) is 34.2 Å². The highest BCUT2D eigenvalue weighted by Gasteiger charge is 2.36. The van der Waals surface area contributed by atoms with Crippen molar-refractivity contribution in [2.45, 2.75) is 19.3 Å². The fourth-order valence-corrected chi connectivity index (χ4v) is 4.13. The molecule has 0 saturated carbocycles. The second-order valence-corrected chi connectivity index (χ2v) is 7.90. The van der Waals surface area contributed by atoms with Crippen LogP contribution in [0.2, 0.25) is 0 Å². The summed E-state index contributed by atoms with van der Waals surface area (Å²) in [5, 5.41) is 0.